The molecule has 1 unspecified atom stereocenters. The van der Waals surface area contributed by atoms with Crippen molar-refractivity contribution >= 4 is 34.7 Å². The number of nitriles is 1. The van der Waals surface area contributed by atoms with Crippen molar-refractivity contribution in [3.63, 3.8) is 0 Å². The molecular weight excluding hydrogens is 704 g/mol. The van der Waals surface area contributed by atoms with E-state index in [2.05, 4.69) is 20.5 Å². The summed E-state index contributed by atoms with van der Waals surface area (Å²) in [6.07, 6.45) is 0.835. The van der Waals surface area contributed by atoms with E-state index in [0.717, 1.165) is 29.0 Å². The number of halogens is 2. The molecule has 1 aromatic heterocycles. The van der Waals surface area contributed by atoms with Crippen LogP contribution in [-0.2, 0) is 14.3 Å². The summed E-state index contributed by atoms with van der Waals surface area (Å²) in [6, 6.07) is 12.9. The summed E-state index contributed by atoms with van der Waals surface area (Å²) in [6.45, 7) is 7.43. The standard InChI is InChI=1S/C38H45F2N7O7/c1-37(2,3)54-36(51)44-22-33(48)46-15-13-45(14-16-46)12-5-17-53-32-19-26(7-9-31(32)52-4)25-6-8-30-29(18-25)28(10-11-42-30)35(50)43-23-34(49)47-24-38(39,40)20-27(47)21-41/h6-11,18-19,27H,5,12-17,20,22-24H2,1-4H3,(H,43,50)(H,44,51). The zero-order valence-electron chi connectivity index (χ0n) is 30.8. The van der Waals surface area contributed by atoms with Gasteiger partial charge in [0.05, 0.1) is 44.0 Å². The van der Waals surface area contributed by atoms with Crippen LogP contribution in [0.15, 0.2) is 48.7 Å². The minimum atomic E-state index is -3.16. The number of methoxy groups -OCH3 is 1. The summed E-state index contributed by atoms with van der Waals surface area (Å²) >= 11 is 0. The van der Waals surface area contributed by atoms with Gasteiger partial charge >= 0.3 is 6.09 Å². The summed E-state index contributed by atoms with van der Waals surface area (Å²) < 4.78 is 44.6. The molecule has 0 aliphatic carbocycles. The topological polar surface area (TPSA) is 166 Å². The number of aromatic nitrogens is 1. The SMILES string of the molecule is COc1ccc(-c2ccc3nccc(C(=O)NCC(=O)N4CC(F)(F)CC4C#N)c3c2)cc1OCCCN1CCN(C(=O)CNC(=O)OC(C)(C)C)CC1. The number of likely N-dealkylation sites (tertiary alicyclic amines) is 1. The Hall–Kier alpha value is -5.56. The smallest absolute Gasteiger partial charge is 0.408 e. The summed E-state index contributed by atoms with van der Waals surface area (Å²) in [7, 11) is 1.55. The number of alkyl carbamates (subject to hydrolysis) is 1. The van der Waals surface area contributed by atoms with Crippen LogP contribution in [0.2, 0.25) is 0 Å². The molecule has 0 radical (unpaired) electrons. The van der Waals surface area contributed by atoms with Crippen LogP contribution in [0.5, 0.6) is 11.5 Å². The first kappa shape index (κ1) is 39.6. The molecule has 2 N–H and O–H groups in total. The molecular formula is C38H45F2N7O7. The van der Waals surface area contributed by atoms with Crippen LogP contribution in [0.4, 0.5) is 13.6 Å². The molecule has 0 saturated carbocycles. The lowest BCUT2D eigenvalue weighted by Gasteiger charge is -2.34. The first-order valence-corrected chi connectivity index (χ1v) is 17.7. The van der Waals surface area contributed by atoms with E-state index in [1.54, 1.807) is 57.0 Å². The highest BCUT2D eigenvalue weighted by molar-refractivity contribution is 6.07. The number of alkyl halides is 2. The van der Waals surface area contributed by atoms with Gasteiger partial charge in [0.25, 0.3) is 11.8 Å². The second kappa shape index (κ2) is 17.1. The molecule has 1 atom stereocenters. The number of carbonyl (C=O) groups is 4. The number of ether oxygens (including phenoxy) is 3. The Labute approximate surface area is 312 Å². The van der Waals surface area contributed by atoms with Gasteiger partial charge in [0.15, 0.2) is 11.5 Å². The fourth-order valence-corrected chi connectivity index (χ4v) is 6.30. The maximum absolute atomic E-state index is 13.8. The highest BCUT2D eigenvalue weighted by atomic mass is 19.3. The molecule has 54 heavy (non-hydrogen) atoms. The number of hydrogen-bond acceptors (Lipinski definition) is 10. The van der Waals surface area contributed by atoms with Gasteiger partial charge in [-0.1, -0.05) is 12.1 Å². The van der Waals surface area contributed by atoms with Gasteiger partial charge in [-0.05, 0) is 68.7 Å². The third-order valence-electron chi connectivity index (χ3n) is 9.01. The maximum atomic E-state index is 13.8. The monoisotopic (exact) mass is 749 g/mol. The van der Waals surface area contributed by atoms with Gasteiger partial charge in [-0.3, -0.25) is 24.3 Å². The van der Waals surface area contributed by atoms with E-state index in [1.807, 2.05) is 18.2 Å². The molecule has 0 spiro atoms. The molecule has 2 saturated heterocycles. The van der Waals surface area contributed by atoms with E-state index in [4.69, 9.17) is 14.2 Å². The third-order valence-corrected chi connectivity index (χ3v) is 9.01. The molecule has 2 aliphatic rings. The van der Waals surface area contributed by atoms with Crippen molar-refractivity contribution in [1.29, 1.82) is 5.26 Å². The predicted molar refractivity (Wildman–Crippen MR) is 194 cm³/mol. The van der Waals surface area contributed by atoms with Gasteiger partial charge in [-0.25, -0.2) is 13.6 Å². The van der Waals surface area contributed by atoms with Crippen molar-refractivity contribution in [2.24, 2.45) is 0 Å². The average Bonchev–Trinajstić information content (AvgIpc) is 3.47. The maximum Gasteiger partial charge on any atom is 0.408 e. The van der Waals surface area contributed by atoms with Crippen molar-refractivity contribution in [3.8, 4) is 28.7 Å². The number of fused-ring (bicyclic) bond motifs is 1. The van der Waals surface area contributed by atoms with Crippen LogP contribution in [0, 0.1) is 11.3 Å². The van der Waals surface area contributed by atoms with E-state index >= 15 is 0 Å². The number of piperazine rings is 1. The Kier molecular flexibility index (Phi) is 12.5. The Morgan fingerprint density at radius 1 is 0.963 bits per heavy atom. The lowest BCUT2D eigenvalue weighted by atomic mass is 10.00. The molecule has 5 rings (SSSR count). The van der Waals surface area contributed by atoms with Crippen molar-refractivity contribution in [2.45, 2.75) is 51.2 Å². The molecule has 2 fully saturated rings. The number of amides is 4. The fourth-order valence-electron chi connectivity index (χ4n) is 6.30. The van der Waals surface area contributed by atoms with E-state index in [0.29, 0.717) is 55.2 Å². The van der Waals surface area contributed by atoms with Crippen LogP contribution in [0.1, 0.15) is 44.0 Å². The second-order valence-electron chi connectivity index (χ2n) is 14.1. The van der Waals surface area contributed by atoms with E-state index in [-0.39, 0.29) is 18.0 Å². The Bertz CT molecular complexity index is 1900. The van der Waals surface area contributed by atoms with Gasteiger partial charge in [0, 0.05) is 50.7 Å². The molecule has 14 nitrogen and oxygen atoms in total. The van der Waals surface area contributed by atoms with Crippen LogP contribution in [0.3, 0.4) is 0 Å². The number of nitrogens with one attached hydrogen (secondary N) is 2. The minimum Gasteiger partial charge on any atom is -0.493 e. The van der Waals surface area contributed by atoms with Crippen LogP contribution < -0.4 is 20.1 Å². The van der Waals surface area contributed by atoms with Gasteiger partial charge in [-0.15, -0.1) is 0 Å². The number of carbonyl (C=O) groups excluding carboxylic acids is 4. The van der Waals surface area contributed by atoms with Crippen LogP contribution in [0.25, 0.3) is 22.0 Å². The molecule has 3 aromatic rings. The van der Waals surface area contributed by atoms with E-state index in [9.17, 15) is 33.2 Å². The van der Waals surface area contributed by atoms with Crippen molar-refractivity contribution in [1.82, 2.24) is 30.3 Å². The van der Waals surface area contributed by atoms with Gasteiger partial charge in [0.2, 0.25) is 11.8 Å². The molecule has 2 aliphatic heterocycles. The summed E-state index contributed by atoms with van der Waals surface area (Å²) in [5, 5.41) is 14.8. The van der Waals surface area contributed by atoms with Gasteiger partial charge in [0.1, 0.15) is 18.2 Å². The van der Waals surface area contributed by atoms with Crippen LogP contribution >= 0.6 is 0 Å². The summed E-state index contributed by atoms with van der Waals surface area (Å²) in [5.41, 5.74) is 1.69. The third kappa shape index (κ3) is 10.3. The first-order valence-electron chi connectivity index (χ1n) is 17.7. The number of hydrogen-bond donors (Lipinski definition) is 2. The number of benzene rings is 2. The normalized spacial score (nSPS) is 17.1. The zero-order valence-corrected chi connectivity index (χ0v) is 30.8. The Morgan fingerprint density at radius 3 is 2.37 bits per heavy atom. The number of nitrogens with zero attached hydrogens (tertiary/aromatic N) is 5. The average molecular weight is 750 g/mol. The molecule has 288 valence electrons. The second-order valence-corrected chi connectivity index (χ2v) is 14.1. The zero-order chi connectivity index (χ0) is 39.0. The van der Waals surface area contributed by atoms with Crippen molar-refractivity contribution in [3.05, 3.63) is 54.2 Å². The van der Waals surface area contributed by atoms with E-state index < -0.39 is 55.0 Å². The number of pyridine rings is 1. The minimum absolute atomic E-state index is 0.115. The molecule has 4 amide bonds. The van der Waals surface area contributed by atoms with Crippen molar-refractivity contribution in [2.75, 3.05) is 66.1 Å². The highest BCUT2D eigenvalue weighted by Crippen LogP contribution is 2.35. The fraction of sp³-hybridized carbons (Fsp3) is 0.474. The van der Waals surface area contributed by atoms with Gasteiger partial charge in [-0.2, -0.15) is 5.26 Å². The largest absolute Gasteiger partial charge is 0.493 e. The van der Waals surface area contributed by atoms with Gasteiger partial charge < -0.3 is 34.6 Å². The lowest BCUT2D eigenvalue weighted by molar-refractivity contribution is -0.132. The quantitative estimate of drug-likeness (QED) is 0.260. The summed E-state index contributed by atoms with van der Waals surface area (Å²) in [5.74, 6) is -3.58. The Morgan fingerprint density at radius 2 is 1.67 bits per heavy atom. The summed E-state index contributed by atoms with van der Waals surface area (Å²) in [4.78, 5) is 59.5. The number of rotatable bonds is 12. The first-order chi connectivity index (χ1) is 25.7. The molecule has 3 heterocycles. The van der Waals surface area contributed by atoms with E-state index in [1.165, 1.54) is 12.3 Å². The lowest BCUT2D eigenvalue weighted by Crippen LogP contribution is -2.51. The predicted octanol–water partition coefficient (Wildman–Crippen LogP) is 3.84. The highest BCUT2D eigenvalue weighted by Gasteiger charge is 2.47. The molecule has 2 aromatic carbocycles. The molecule has 16 heteroatoms. The van der Waals surface area contributed by atoms with Crippen molar-refractivity contribution < 1.29 is 42.2 Å². The molecule has 0 bridgehead atoms. The Balaban J connectivity index is 1.15. The van der Waals surface area contributed by atoms with Crippen LogP contribution in [-0.4, -0.2) is 127 Å².